The fourth-order valence-corrected chi connectivity index (χ4v) is 3.08. The number of piperidine rings is 1. The van der Waals surface area contributed by atoms with E-state index in [1.165, 1.54) is 12.0 Å². The molecule has 1 amide bonds. The van der Waals surface area contributed by atoms with Crippen molar-refractivity contribution in [3.05, 3.63) is 42.5 Å². The molecule has 1 N–H and O–H groups in total. The summed E-state index contributed by atoms with van der Waals surface area (Å²) in [6, 6.07) is 3.97. The van der Waals surface area contributed by atoms with Gasteiger partial charge in [-0.1, -0.05) is 6.42 Å². The van der Waals surface area contributed by atoms with E-state index in [0.29, 0.717) is 12.6 Å². The van der Waals surface area contributed by atoms with E-state index < -0.39 is 0 Å². The van der Waals surface area contributed by atoms with E-state index in [-0.39, 0.29) is 5.91 Å². The van der Waals surface area contributed by atoms with E-state index in [1.807, 2.05) is 17.8 Å². The number of carbonyl (C=O) groups is 1. The van der Waals surface area contributed by atoms with Crippen molar-refractivity contribution in [2.45, 2.75) is 38.8 Å². The quantitative estimate of drug-likeness (QED) is 0.918. The third-order valence-corrected chi connectivity index (χ3v) is 4.22. The number of nitrogens with zero attached hydrogens (tertiary/aromatic N) is 4. The van der Waals surface area contributed by atoms with Gasteiger partial charge in [0, 0.05) is 30.3 Å². The zero-order valence-electron chi connectivity index (χ0n) is 13.5. The molecule has 1 fully saturated rings. The van der Waals surface area contributed by atoms with Gasteiger partial charge in [0.1, 0.15) is 0 Å². The predicted molar refractivity (Wildman–Crippen MR) is 89.0 cm³/mol. The summed E-state index contributed by atoms with van der Waals surface area (Å²) in [6.07, 6.45) is 10.8. The minimum atomic E-state index is 0.0275. The number of aryl methyl sites for hydroxylation is 1. The summed E-state index contributed by atoms with van der Waals surface area (Å²) < 4.78 is 1.99. The number of nitrogens with one attached hydrogen (secondary N) is 1. The van der Waals surface area contributed by atoms with E-state index in [2.05, 4.69) is 26.5 Å². The van der Waals surface area contributed by atoms with Gasteiger partial charge in [0.25, 0.3) is 0 Å². The van der Waals surface area contributed by atoms with Crippen LogP contribution in [0.15, 0.2) is 36.9 Å². The number of hydrogen-bond acceptors (Lipinski definition) is 4. The summed E-state index contributed by atoms with van der Waals surface area (Å²) >= 11 is 0. The maximum absolute atomic E-state index is 12.3. The number of carbonyl (C=O) groups excluding carboxylic acids is 1. The van der Waals surface area contributed by atoms with Crippen LogP contribution in [0, 0.1) is 6.92 Å². The number of pyridine rings is 1. The highest BCUT2D eigenvalue weighted by molar-refractivity contribution is 5.92. The van der Waals surface area contributed by atoms with Gasteiger partial charge in [0.2, 0.25) is 5.91 Å². The maximum Gasteiger partial charge on any atom is 0.238 e. The third kappa shape index (κ3) is 4.39. The number of likely N-dealkylation sites (tertiary alicyclic amines) is 1. The Bertz CT molecular complexity index is 639. The van der Waals surface area contributed by atoms with Crippen molar-refractivity contribution < 1.29 is 4.79 Å². The lowest BCUT2D eigenvalue weighted by molar-refractivity contribution is -0.118. The van der Waals surface area contributed by atoms with Gasteiger partial charge in [0.15, 0.2) is 0 Å². The van der Waals surface area contributed by atoms with Crippen molar-refractivity contribution in [1.29, 1.82) is 0 Å². The van der Waals surface area contributed by atoms with Gasteiger partial charge in [0.05, 0.1) is 19.3 Å². The summed E-state index contributed by atoms with van der Waals surface area (Å²) in [5.74, 6) is 0.0275. The summed E-state index contributed by atoms with van der Waals surface area (Å²) in [5.41, 5.74) is 1.96. The number of aromatic nitrogens is 3. The first-order chi connectivity index (χ1) is 11.2. The average molecular weight is 313 g/mol. The van der Waals surface area contributed by atoms with Crippen molar-refractivity contribution in [2.24, 2.45) is 0 Å². The summed E-state index contributed by atoms with van der Waals surface area (Å²) in [5, 5.41) is 7.31. The summed E-state index contributed by atoms with van der Waals surface area (Å²) in [6.45, 7) is 4.28. The zero-order valence-corrected chi connectivity index (χ0v) is 13.5. The van der Waals surface area contributed by atoms with Crippen LogP contribution in [0.1, 0.15) is 24.8 Å². The van der Waals surface area contributed by atoms with Crippen molar-refractivity contribution in [1.82, 2.24) is 19.7 Å². The second kappa shape index (κ2) is 7.37. The molecule has 3 rings (SSSR count). The van der Waals surface area contributed by atoms with Gasteiger partial charge < -0.3 is 5.32 Å². The van der Waals surface area contributed by atoms with Gasteiger partial charge in [-0.25, -0.2) is 0 Å². The lowest BCUT2D eigenvalue weighted by Gasteiger charge is -2.35. The highest BCUT2D eigenvalue weighted by Gasteiger charge is 2.24. The van der Waals surface area contributed by atoms with Crippen LogP contribution < -0.4 is 5.32 Å². The Labute approximate surface area is 136 Å². The molecule has 0 unspecified atom stereocenters. The lowest BCUT2D eigenvalue weighted by atomic mass is 10.0. The van der Waals surface area contributed by atoms with Gasteiger partial charge in [-0.05, 0) is 44.0 Å². The monoisotopic (exact) mass is 313 g/mol. The Morgan fingerprint density at radius 2 is 2.17 bits per heavy atom. The Morgan fingerprint density at radius 1 is 1.35 bits per heavy atom. The summed E-state index contributed by atoms with van der Waals surface area (Å²) in [7, 11) is 0. The smallest absolute Gasteiger partial charge is 0.238 e. The number of anilines is 1. The van der Waals surface area contributed by atoms with Crippen molar-refractivity contribution in [2.75, 3.05) is 18.4 Å². The third-order valence-electron chi connectivity index (χ3n) is 4.22. The fraction of sp³-hybridized carbons (Fsp3) is 0.471. The molecule has 1 aliphatic heterocycles. The zero-order chi connectivity index (χ0) is 16.1. The first kappa shape index (κ1) is 15.7. The van der Waals surface area contributed by atoms with Crippen molar-refractivity contribution >= 4 is 11.6 Å². The Kier molecular flexibility index (Phi) is 5.02. The van der Waals surface area contributed by atoms with Gasteiger partial charge in [-0.15, -0.1) is 0 Å². The molecule has 0 aromatic carbocycles. The molecule has 1 aliphatic rings. The predicted octanol–water partition coefficient (Wildman–Crippen LogP) is 2.08. The average Bonchev–Trinajstić information content (AvgIpc) is 2.95. The largest absolute Gasteiger partial charge is 0.325 e. The highest BCUT2D eigenvalue weighted by Crippen LogP contribution is 2.18. The Balaban J connectivity index is 1.58. The van der Waals surface area contributed by atoms with Gasteiger partial charge in [-0.3, -0.25) is 19.4 Å². The number of hydrogen-bond donors (Lipinski definition) is 1. The van der Waals surface area contributed by atoms with Gasteiger partial charge in [-0.2, -0.15) is 5.10 Å². The molecule has 0 spiro atoms. The number of rotatable bonds is 5. The minimum Gasteiger partial charge on any atom is -0.325 e. The van der Waals surface area contributed by atoms with Crippen LogP contribution in [-0.4, -0.2) is 44.7 Å². The van der Waals surface area contributed by atoms with E-state index in [0.717, 1.165) is 31.6 Å². The molecular formula is C17H23N5O. The Morgan fingerprint density at radius 3 is 2.91 bits per heavy atom. The molecule has 1 atom stereocenters. The van der Waals surface area contributed by atoms with Crippen LogP contribution >= 0.6 is 0 Å². The molecule has 0 radical (unpaired) electrons. The standard InChI is InChI=1S/C17H23N5O/c1-14-10-19-22(11-14)12-16-4-2-3-9-21(16)13-17(23)20-15-5-7-18-8-6-15/h5-8,10-11,16H,2-4,9,12-13H2,1H3,(H,18,20,23)/t16-/m1/s1. The molecule has 2 aromatic rings. The first-order valence-electron chi connectivity index (χ1n) is 8.14. The highest BCUT2D eigenvalue weighted by atomic mass is 16.2. The molecule has 122 valence electrons. The molecule has 0 saturated carbocycles. The molecule has 0 aliphatic carbocycles. The van der Waals surface area contributed by atoms with Gasteiger partial charge >= 0.3 is 0 Å². The van der Waals surface area contributed by atoms with Crippen LogP contribution in [0.4, 0.5) is 5.69 Å². The topological polar surface area (TPSA) is 63.1 Å². The maximum atomic E-state index is 12.3. The van der Waals surface area contributed by atoms with E-state index in [1.54, 1.807) is 24.5 Å². The molecule has 2 aromatic heterocycles. The molecule has 6 heteroatoms. The van der Waals surface area contributed by atoms with E-state index in [4.69, 9.17) is 0 Å². The molecule has 1 saturated heterocycles. The Hall–Kier alpha value is -2.21. The van der Waals surface area contributed by atoms with E-state index in [9.17, 15) is 4.79 Å². The SMILES string of the molecule is Cc1cnn(C[C@H]2CCCCN2CC(=O)Nc2ccncc2)c1. The molecule has 23 heavy (non-hydrogen) atoms. The van der Waals surface area contributed by atoms with Crippen LogP contribution in [0.2, 0.25) is 0 Å². The molecule has 6 nitrogen and oxygen atoms in total. The normalized spacial score (nSPS) is 18.7. The second-order valence-corrected chi connectivity index (χ2v) is 6.14. The first-order valence-corrected chi connectivity index (χ1v) is 8.14. The van der Waals surface area contributed by atoms with Crippen molar-refractivity contribution in [3.63, 3.8) is 0 Å². The summed E-state index contributed by atoms with van der Waals surface area (Å²) in [4.78, 5) is 18.5. The van der Waals surface area contributed by atoms with Crippen molar-refractivity contribution in [3.8, 4) is 0 Å². The molecule has 0 bridgehead atoms. The van der Waals surface area contributed by atoms with Crippen LogP contribution in [0.5, 0.6) is 0 Å². The minimum absolute atomic E-state index is 0.0275. The molecule has 3 heterocycles. The van der Waals surface area contributed by atoms with Crippen LogP contribution in [0.3, 0.4) is 0 Å². The van der Waals surface area contributed by atoms with E-state index >= 15 is 0 Å². The number of amides is 1. The second-order valence-electron chi connectivity index (χ2n) is 6.14. The van der Waals surface area contributed by atoms with Crippen LogP contribution in [-0.2, 0) is 11.3 Å². The lowest BCUT2D eigenvalue weighted by Crippen LogP contribution is -2.46. The van der Waals surface area contributed by atoms with Crippen LogP contribution in [0.25, 0.3) is 0 Å². The molecular weight excluding hydrogens is 290 g/mol. The fourth-order valence-electron chi connectivity index (χ4n) is 3.08.